The first kappa shape index (κ1) is 11.0. The molecule has 0 aromatic heterocycles. The summed E-state index contributed by atoms with van der Waals surface area (Å²) in [7, 11) is -3.20. The molecule has 0 amide bonds. The van der Waals surface area contributed by atoms with E-state index in [1.54, 1.807) is 0 Å². The van der Waals surface area contributed by atoms with Crippen LogP contribution in [0.4, 0.5) is 0 Å². The van der Waals surface area contributed by atoms with Crippen LogP contribution in [0.2, 0.25) is 0 Å². The molecule has 0 unspecified atom stereocenters. The van der Waals surface area contributed by atoms with Crippen molar-refractivity contribution in [3.05, 3.63) is 0 Å². The molecule has 7 heteroatoms. The summed E-state index contributed by atoms with van der Waals surface area (Å²) in [6.45, 7) is 0. The third kappa shape index (κ3) is 16.5. The predicted molar refractivity (Wildman–Crippen MR) is 27.2 cm³/mol. The van der Waals surface area contributed by atoms with Crippen LogP contribution in [0.5, 0.6) is 0 Å². The van der Waals surface area contributed by atoms with Gasteiger partial charge in [-0.05, 0) is 0 Å². The van der Waals surface area contributed by atoms with Gasteiger partial charge in [0, 0.05) is 7.11 Å². The van der Waals surface area contributed by atoms with Crippen molar-refractivity contribution in [2.24, 2.45) is 0 Å². The highest BCUT2D eigenvalue weighted by Crippen LogP contribution is 2.33. The van der Waals surface area contributed by atoms with Gasteiger partial charge in [0.25, 0.3) is 0 Å². The highest BCUT2D eigenvalue weighted by molar-refractivity contribution is 7.46. The first-order valence-electron chi connectivity index (χ1n) is 1.34. The average molecular weight is 160 g/mol. The van der Waals surface area contributed by atoms with Gasteiger partial charge in [-0.15, -0.1) is 0 Å². The third-order valence-corrected chi connectivity index (χ3v) is 0.714. The minimum atomic E-state index is -4.15. The van der Waals surface area contributed by atoms with E-state index < -0.39 is 7.82 Å². The number of rotatable bonds is 1. The lowest BCUT2D eigenvalue weighted by molar-refractivity contribution is 0.235. The Morgan fingerprint density at radius 1 is 1.50 bits per heavy atom. The summed E-state index contributed by atoms with van der Waals surface area (Å²) in [5.74, 6) is 0. The summed E-state index contributed by atoms with van der Waals surface area (Å²) in [6.07, 6.45) is 0. The Balaban J connectivity index is 0. The Bertz CT molecular complexity index is 86.4. The van der Waals surface area contributed by atoms with Crippen LogP contribution < -0.4 is 0 Å². The minimum Gasteiger partial charge on any atom is -0.303 e. The van der Waals surface area contributed by atoms with Crippen LogP contribution in [0.3, 0.4) is 0 Å². The molecule has 0 atom stereocenters. The highest BCUT2D eigenvalue weighted by Gasteiger charge is 2.07. The molecule has 0 radical (unpaired) electrons. The fraction of sp³-hybridized carbons (Fsp3) is 1.00. The van der Waals surface area contributed by atoms with Crippen LogP contribution in [0.25, 0.3) is 0 Å². The first-order valence-corrected chi connectivity index (χ1v) is 3.20. The molecule has 0 saturated carbocycles. The Morgan fingerprint density at radius 3 is 1.62 bits per heavy atom. The molecule has 8 heavy (non-hydrogen) atoms. The summed E-state index contributed by atoms with van der Waals surface area (Å²) in [5.41, 5.74) is 0. The summed E-state index contributed by atoms with van der Waals surface area (Å²) in [5, 5.41) is 0. The average Bonchev–Trinajstić information content (AvgIpc) is 1.71. The molecule has 0 heterocycles. The van der Waals surface area contributed by atoms with Crippen LogP contribution in [0.15, 0.2) is 0 Å². The quantitative estimate of drug-likeness (QED) is 0.498. The fourth-order valence-corrected chi connectivity index (χ4v) is 0. The molecule has 0 bridgehead atoms. The van der Waals surface area contributed by atoms with Crippen molar-refractivity contribution < 1.29 is 23.1 Å². The maximum Gasteiger partial charge on any atom is 0.469 e. The van der Waals surface area contributed by atoms with E-state index in [4.69, 9.17) is 14.0 Å². The van der Waals surface area contributed by atoms with Gasteiger partial charge in [0.05, 0.1) is 0 Å². The van der Waals surface area contributed by atoms with Crippen molar-refractivity contribution in [3.8, 4) is 0 Å². The number of phosphoric ester groups is 1. The molecule has 0 aliphatic rings. The molecule has 0 aliphatic carbocycles. The lowest BCUT2D eigenvalue weighted by Crippen LogP contribution is -1.76. The number of hydrogen-bond acceptors (Lipinski definition) is 4. The normalized spacial score (nSPS) is 9.38. The summed E-state index contributed by atoms with van der Waals surface area (Å²) in [6, 6.07) is 0. The predicted octanol–water partition coefficient (Wildman–Crippen LogP) is -0.611. The van der Waals surface area contributed by atoms with Crippen LogP contribution >= 0.6 is 7.82 Å². The third-order valence-electron chi connectivity index (χ3n) is 0.238. The Hall–Kier alpha value is 0.130. The van der Waals surface area contributed by atoms with Crippen LogP contribution in [-0.4, -0.2) is 21.1 Å². The molecule has 2 N–H and O–H groups in total. The van der Waals surface area contributed by atoms with Crippen molar-refractivity contribution in [1.82, 2.24) is 0 Å². The van der Waals surface area contributed by atoms with Gasteiger partial charge in [-0.25, -0.2) is 4.57 Å². The van der Waals surface area contributed by atoms with Crippen molar-refractivity contribution in [2.45, 2.75) is 0 Å². The Kier molecular flexibility index (Phi) is 7.25. The van der Waals surface area contributed by atoms with Gasteiger partial charge in [-0.1, -0.05) is 0 Å². The van der Waals surface area contributed by atoms with Gasteiger partial charge >= 0.3 is 7.82 Å². The Labute approximate surface area is 51.4 Å². The van der Waals surface area contributed by atoms with Gasteiger partial charge in [-0.3, -0.25) is 4.52 Å². The van der Waals surface area contributed by atoms with Crippen molar-refractivity contribution in [2.75, 3.05) is 7.11 Å². The summed E-state index contributed by atoms with van der Waals surface area (Å²) < 4.78 is 20.9. The molecule has 0 aliphatic heterocycles. The molecule has 0 spiro atoms. The highest BCUT2D eigenvalue weighted by atomic mass is 32.1. The van der Waals surface area contributed by atoms with E-state index in [0.717, 1.165) is 7.11 Å². The minimum absolute atomic E-state index is 0.945. The van der Waals surface area contributed by atoms with Crippen molar-refractivity contribution >= 4 is 20.4 Å². The zero-order chi connectivity index (χ0) is 7.21. The second-order valence-electron chi connectivity index (χ2n) is 0.673. The molecule has 0 rings (SSSR count). The lowest BCUT2D eigenvalue weighted by Gasteiger charge is -1.93. The number of phosphoric acid groups is 1. The molecular formula is CH5O5PS. The second kappa shape index (κ2) is 5.27. The van der Waals surface area contributed by atoms with Crippen molar-refractivity contribution in [3.63, 3.8) is 0 Å². The molecule has 50 valence electrons. The maximum atomic E-state index is 9.47. The SMILES string of the molecule is COP(=O)(O)O.O=S. The summed E-state index contributed by atoms with van der Waals surface area (Å²) in [4.78, 5) is 15.4. The topological polar surface area (TPSA) is 83.8 Å². The standard InChI is InChI=1S/CH5O4P.OS/c1-5-6(2,3)4;1-2/h1H3,(H2,2,3,4);. The maximum absolute atomic E-state index is 9.47. The van der Waals surface area contributed by atoms with Gasteiger partial charge in [0.2, 0.25) is 0 Å². The molecular weight excluding hydrogens is 155 g/mol. The first-order chi connectivity index (χ1) is 3.56. The monoisotopic (exact) mass is 160 g/mol. The number of hydrogen-bond donors (Lipinski definition) is 2. The van der Waals surface area contributed by atoms with E-state index in [0.29, 0.717) is 0 Å². The van der Waals surface area contributed by atoms with Gasteiger partial charge in [0.1, 0.15) is 0 Å². The van der Waals surface area contributed by atoms with E-state index >= 15 is 0 Å². The van der Waals surface area contributed by atoms with Crippen LogP contribution in [0.1, 0.15) is 0 Å². The van der Waals surface area contributed by atoms with Crippen LogP contribution in [-0.2, 0) is 21.6 Å². The van der Waals surface area contributed by atoms with E-state index in [1.807, 2.05) is 0 Å². The van der Waals surface area contributed by atoms with Crippen LogP contribution in [0, 0.1) is 0 Å². The van der Waals surface area contributed by atoms with E-state index in [1.165, 1.54) is 0 Å². The van der Waals surface area contributed by atoms with E-state index in [9.17, 15) is 4.57 Å². The Morgan fingerprint density at radius 2 is 1.62 bits per heavy atom. The largest absolute Gasteiger partial charge is 0.469 e. The molecule has 0 aromatic rings. The molecule has 5 nitrogen and oxygen atoms in total. The fourth-order valence-electron chi connectivity index (χ4n) is 0. The van der Waals surface area contributed by atoms with E-state index in [-0.39, 0.29) is 0 Å². The van der Waals surface area contributed by atoms with Gasteiger partial charge in [0.15, 0.2) is 12.5 Å². The lowest BCUT2D eigenvalue weighted by atomic mass is 11.8. The van der Waals surface area contributed by atoms with Gasteiger partial charge < -0.3 is 9.79 Å². The summed E-state index contributed by atoms with van der Waals surface area (Å²) >= 11 is 2.83. The van der Waals surface area contributed by atoms with Gasteiger partial charge in [-0.2, -0.15) is 4.21 Å². The zero-order valence-corrected chi connectivity index (χ0v) is 5.69. The second-order valence-corrected chi connectivity index (χ2v) is 2.02. The zero-order valence-electron chi connectivity index (χ0n) is 3.97. The smallest absolute Gasteiger partial charge is 0.303 e. The molecule has 0 aromatic carbocycles. The molecule has 0 fully saturated rings. The van der Waals surface area contributed by atoms with Crippen molar-refractivity contribution in [1.29, 1.82) is 0 Å². The van der Waals surface area contributed by atoms with E-state index in [2.05, 4.69) is 17.1 Å². The molecule has 0 saturated heterocycles.